The van der Waals surface area contributed by atoms with Crippen molar-refractivity contribution in [2.24, 2.45) is 0 Å². The van der Waals surface area contributed by atoms with Gasteiger partial charge in [-0.3, -0.25) is 4.79 Å². The van der Waals surface area contributed by atoms with Crippen molar-refractivity contribution in [2.45, 2.75) is 26.0 Å². The van der Waals surface area contributed by atoms with E-state index in [9.17, 15) is 14.7 Å². The molecule has 1 aromatic carbocycles. The number of hydrogen-bond acceptors (Lipinski definition) is 6. The third-order valence-electron chi connectivity index (χ3n) is 2.79. The Hall–Kier alpha value is -2.94. The quantitative estimate of drug-likeness (QED) is 0.682. The van der Waals surface area contributed by atoms with Crippen LogP contribution in [0.5, 0.6) is 5.75 Å². The molecule has 0 aliphatic carbocycles. The molecule has 0 aliphatic heterocycles. The maximum Gasteiger partial charge on any atom is 0.358 e. The molecular weight excluding hydrogens is 316 g/mol. The van der Waals surface area contributed by atoms with E-state index >= 15 is 0 Å². The van der Waals surface area contributed by atoms with Crippen LogP contribution in [0, 0.1) is 0 Å². The average Bonchev–Trinajstić information content (AvgIpc) is 2.94. The Labute approximate surface area is 137 Å². The largest absolute Gasteiger partial charge is 0.491 e. The summed E-state index contributed by atoms with van der Waals surface area (Å²) < 4.78 is 6.55. The van der Waals surface area contributed by atoms with Gasteiger partial charge in [-0.15, -0.1) is 5.10 Å². The summed E-state index contributed by atoms with van der Waals surface area (Å²) in [6.45, 7) is 3.27. The summed E-state index contributed by atoms with van der Waals surface area (Å²) in [6.07, 6.45) is 1.18. The first-order valence-electron chi connectivity index (χ1n) is 7.11. The number of hydrogen-bond donors (Lipinski definition) is 3. The number of rotatable bonds is 7. The predicted molar refractivity (Wildman–Crippen MR) is 83.8 cm³/mol. The lowest BCUT2D eigenvalue weighted by molar-refractivity contribution is -0.116. The zero-order chi connectivity index (χ0) is 17.7. The zero-order valence-corrected chi connectivity index (χ0v) is 13.3. The Morgan fingerprint density at radius 2 is 1.96 bits per heavy atom. The van der Waals surface area contributed by atoms with Gasteiger partial charge in [0, 0.05) is 5.69 Å². The normalized spacial score (nSPS) is 11.1. The van der Waals surface area contributed by atoms with Crippen molar-refractivity contribution in [2.75, 3.05) is 11.9 Å². The lowest BCUT2D eigenvalue weighted by Gasteiger charge is -2.17. The number of benzene rings is 1. The van der Waals surface area contributed by atoms with Crippen LogP contribution in [0.25, 0.3) is 0 Å². The Kier molecular flexibility index (Phi) is 5.14. The van der Waals surface area contributed by atoms with E-state index in [0.717, 1.165) is 4.68 Å². The SMILES string of the molecule is CC(C)(O)COc1ccc(NC(=O)Cn2cc(C(=O)O)nn2)cc1. The molecule has 0 unspecified atom stereocenters. The number of ether oxygens (including phenoxy) is 1. The minimum absolute atomic E-state index is 0.150. The van der Waals surface area contributed by atoms with E-state index in [1.807, 2.05) is 0 Å². The molecule has 0 bridgehead atoms. The molecule has 1 amide bonds. The van der Waals surface area contributed by atoms with Crippen molar-refractivity contribution >= 4 is 17.6 Å². The fourth-order valence-electron chi connectivity index (χ4n) is 1.72. The number of aromatic nitrogens is 3. The highest BCUT2D eigenvalue weighted by Crippen LogP contribution is 2.17. The summed E-state index contributed by atoms with van der Waals surface area (Å²) in [7, 11) is 0. The molecule has 3 N–H and O–H groups in total. The molecule has 9 heteroatoms. The Morgan fingerprint density at radius 1 is 1.29 bits per heavy atom. The summed E-state index contributed by atoms with van der Waals surface area (Å²) >= 11 is 0. The zero-order valence-electron chi connectivity index (χ0n) is 13.3. The van der Waals surface area contributed by atoms with Crippen LogP contribution in [0.3, 0.4) is 0 Å². The number of carboxylic acid groups (broad SMARTS) is 1. The molecule has 0 fully saturated rings. The second-order valence-electron chi connectivity index (χ2n) is 5.78. The van der Waals surface area contributed by atoms with Crippen molar-refractivity contribution in [3.05, 3.63) is 36.2 Å². The lowest BCUT2D eigenvalue weighted by Crippen LogP contribution is -2.27. The molecule has 0 spiro atoms. The van der Waals surface area contributed by atoms with Gasteiger partial charge in [0.1, 0.15) is 18.9 Å². The van der Waals surface area contributed by atoms with E-state index in [1.165, 1.54) is 6.20 Å². The number of nitrogens with zero attached hydrogens (tertiary/aromatic N) is 3. The topological polar surface area (TPSA) is 127 Å². The molecule has 2 aromatic rings. The number of nitrogens with one attached hydrogen (secondary N) is 1. The van der Waals surface area contributed by atoms with Crippen molar-refractivity contribution in [1.29, 1.82) is 0 Å². The first kappa shape index (κ1) is 17.4. The van der Waals surface area contributed by atoms with E-state index in [4.69, 9.17) is 9.84 Å². The highest BCUT2D eigenvalue weighted by atomic mass is 16.5. The van der Waals surface area contributed by atoms with Gasteiger partial charge in [-0.1, -0.05) is 5.21 Å². The van der Waals surface area contributed by atoms with Gasteiger partial charge in [0.2, 0.25) is 5.91 Å². The van der Waals surface area contributed by atoms with Crippen LogP contribution < -0.4 is 10.1 Å². The van der Waals surface area contributed by atoms with Crippen molar-refractivity contribution in [1.82, 2.24) is 15.0 Å². The minimum atomic E-state index is -1.21. The van der Waals surface area contributed by atoms with Gasteiger partial charge in [0.25, 0.3) is 0 Å². The second-order valence-corrected chi connectivity index (χ2v) is 5.78. The summed E-state index contributed by atoms with van der Waals surface area (Å²) in [6, 6.07) is 6.64. The fourth-order valence-corrected chi connectivity index (χ4v) is 1.72. The van der Waals surface area contributed by atoms with Gasteiger partial charge in [-0.2, -0.15) is 0 Å². The molecule has 128 valence electrons. The van der Waals surface area contributed by atoms with Crippen LogP contribution >= 0.6 is 0 Å². The van der Waals surface area contributed by atoms with Crippen LogP contribution in [0.15, 0.2) is 30.5 Å². The molecule has 0 saturated carbocycles. The standard InChI is InChI=1S/C15H18N4O5/c1-15(2,23)9-24-11-5-3-10(4-6-11)16-13(20)8-19-7-12(14(21)22)17-18-19/h3-7,23H,8-9H2,1-2H3,(H,16,20)(H,21,22). The first-order chi connectivity index (χ1) is 11.2. The van der Waals surface area contributed by atoms with E-state index in [0.29, 0.717) is 11.4 Å². The summed E-state index contributed by atoms with van der Waals surface area (Å²) in [5.41, 5.74) is -0.607. The van der Waals surface area contributed by atoms with Crippen LogP contribution in [0.4, 0.5) is 5.69 Å². The molecule has 1 aromatic heterocycles. The molecule has 9 nitrogen and oxygen atoms in total. The number of carbonyl (C=O) groups is 2. The summed E-state index contributed by atoms with van der Waals surface area (Å²) in [4.78, 5) is 22.6. The highest BCUT2D eigenvalue weighted by molar-refractivity contribution is 5.90. The van der Waals surface area contributed by atoms with Gasteiger partial charge in [0.15, 0.2) is 5.69 Å². The maximum absolute atomic E-state index is 11.9. The van der Waals surface area contributed by atoms with Crippen LogP contribution in [-0.4, -0.2) is 49.3 Å². The van der Waals surface area contributed by atoms with Crippen LogP contribution in [0.2, 0.25) is 0 Å². The molecule has 2 rings (SSSR count). The van der Waals surface area contributed by atoms with Gasteiger partial charge < -0.3 is 20.3 Å². The number of anilines is 1. The van der Waals surface area contributed by atoms with Gasteiger partial charge in [0.05, 0.1) is 11.8 Å². The van der Waals surface area contributed by atoms with E-state index in [-0.39, 0.29) is 24.8 Å². The van der Waals surface area contributed by atoms with Crippen molar-refractivity contribution in [3.8, 4) is 5.75 Å². The number of carboxylic acids is 1. The number of carbonyl (C=O) groups excluding carboxylic acids is 1. The minimum Gasteiger partial charge on any atom is -0.491 e. The van der Waals surface area contributed by atoms with Gasteiger partial charge >= 0.3 is 5.97 Å². The first-order valence-corrected chi connectivity index (χ1v) is 7.11. The van der Waals surface area contributed by atoms with Crippen molar-refractivity contribution < 1.29 is 24.5 Å². The Balaban J connectivity index is 1.88. The molecular formula is C15H18N4O5. The smallest absolute Gasteiger partial charge is 0.358 e. The predicted octanol–water partition coefficient (Wildman–Crippen LogP) is 0.765. The second kappa shape index (κ2) is 7.09. The van der Waals surface area contributed by atoms with E-state index in [1.54, 1.807) is 38.1 Å². The Morgan fingerprint density at radius 3 is 2.50 bits per heavy atom. The summed E-state index contributed by atoms with van der Waals surface area (Å²) in [5, 5.41) is 28.0. The molecule has 1 heterocycles. The van der Waals surface area contributed by atoms with E-state index in [2.05, 4.69) is 15.6 Å². The Bertz CT molecular complexity index is 718. The number of aliphatic hydroxyl groups is 1. The third-order valence-corrected chi connectivity index (χ3v) is 2.79. The fraction of sp³-hybridized carbons (Fsp3) is 0.333. The molecule has 0 aliphatic rings. The van der Waals surface area contributed by atoms with Gasteiger partial charge in [-0.05, 0) is 38.1 Å². The van der Waals surface area contributed by atoms with Crippen LogP contribution in [-0.2, 0) is 11.3 Å². The monoisotopic (exact) mass is 334 g/mol. The molecule has 0 saturated heterocycles. The van der Waals surface area contributed by atoms with Crippen LogP contribution in [0.1, 0.15) is 24.3 Å². The summed E-state index contributed by atoms with van der Waals surface area (Å²) in [5.74, 6) is -1.01. The third kappa shape index (κ3) is 5.36. The van der Waals surface area contributed by atoms with E-state index < -0.39 is 11.6 Å². The highest BCUT2D eigenvalue weighted by Gasteiger charge is 2.13. The number of amides is 1. The maximum atomic E-state index is 11.9. The molecule has 0 atom stereocenters. The number of aromatic carboxylic acids is 1. The molecule has 24 heavy (non-hydrogen) atoms. The lowest BCUT2D eigenvalue weighted by atomic mass is 10.2. The van der Waals surface area contributed by atoms with Gasteiger partial charge in [-0.25, -0.2) is 9.48 Å². The molecule has 0 radical (unpaired) electrons. The average molecular weight is 334 g/mol. The van der Waals surface area contributed by atoms with Crippen molar-refractivity contribution in [3.63, 3.8) is 0 Å².